The largest absolute Gasteiger partial charge is 0.352 e. The van der Waals surface area contributed by atoms with Gasteiger partial charge in [0.15, 0.2) is 5.82 Å². The molecule has 0 radical (unpaired) electrons. The van der Waals surface area contributed by atoms with Gasteiger partial charge in [-0.15, -0.1) is 0 Å². The van der Waals surface area contributed by atoms with Gasteiger partial charge in [0.1, 0.15) is 11.3 Å². The third kappa shape index (κ3) is 4.49. The molecule has 1 N–H and O–H groups in total. The minimum absolute atomic E-state index is 0.0965. The number of aromatic nitrogens is 4. The lowest BCUT2D eigenvalue weighted by molar-refractivity contribution is -0.130. The molecule has 11 heteroatoms. The Kier molecular flexibility index (Phi) is 6.86. The summed E-state index contributed by atoms with van der Waals surface area (Å²) in [5.74, 6) is 0.519. The number of halogens is 2. The Morgan fingerprint density at radius 2 is 1.80 bits per heavy atom. The highest BCUT2D eigenvalue weighted by molar-refractivity contribution is 6.35. The van der Waals surface area contributed by atoms with Crippen molar-refractivity contribution >= 4 is 51.1 Å². The molecule has 4 heterocycles. The Morgan fingerprint density at radius 1 is 1.10 bits per heavy atom. The number of carbonyl (C=O) groups is 1. The molecule has 2 atom stereocenters. The molecule has 4 aromatic rings. The summed E-state index contributed by atoms with van der Waals surface area (Å²) in [7, 11) is 4.10. The number of aryl methyl sites for hydroxylation is 1. The van der Waals surface area contributed by atoms with Crippen LogP contribution in [0.3, 0.4) is 0 Å². The minimum atomic E-state index is -0.486. The summed E-state index contributed by atoms with van der Waals surface area (Å²) in [5.41, 5.74) is 2.91. The lowest BCUT2D eigenvalue weighted by Crippen LogP contribution is -2.59. The molecule has 0 bridgehead atoms. The normalized spacial score (nSPS) is 19.9. The molecule has 6 rings (SSSR count). The third-order valence-electron chi connectivity index (χ3n) is 8.46. The van der Waals surface area contributed by atoms with Crippen LogP contribution in [0.1, 0.15) is 19.4 Å². The van der Waals surface area contributed by atoms with Crippen LogP contribution in [0.5, 0.6) is 0 Å². The number of carbonyl (C=O) groups excluding carboxylic acids is 1. The summed E-state index contributed by atoms with van der Waals surface area (Å²) in [6.07, 6.45) is 3.05. The molecule has 0 unspecified atom stereocenters. The fraction of sp³-hybridized carbons (Fsp3) is 0.400. The number of fused-ring (bicyclic) bond motifs is 2. The van der Waals surface area contributed by atoms with Crippen molar-refractivity contribution < 1.29 is 9.18 Å². The van der Waals surface area contributed by atoms with Crippen LogP contribution in [-0.2, 0) is 4.79 Å². The predicted octanol–water partition coefficient (Wildman–Crippen LogP) is 4.64. The number of piperazine rings is 1. The van der Waals surface area contributed by atoms with Crippen molar-refractivity contribution in [1.82, 2.24) is 30.0 Å². The van der Waals surface area contributed by atoms with Crippen molar-refractivity contribution in [3.05, 3.63) is 53.5 Å². The van der Waals surface area contributed by atoms with E-state index in [4.69, 9.17) is 21.6 Å². The first kappa shape index (κ1) is 27.4. The van der Waals surface area contributed by atoms with Crippen molar-refractivity contribution in [3.63, 3.8) is 0 Å². The highest BCUT2D eigenvalue weighted by atomic mass is 35.5. The third-order valence-corrected chi connectivity index (χ3v) is 8.75. The van der Waals surface area contributed by atoms with Gasteiger partial charge in [-0.05, 0) is 58.6 Å². The number of hydrogen-bond donors (Lipinski definition) is 1. The van der Waals surface area contributed by atoms with Gasteiger partial charge in [0.2, 0.25) is 11.9 Å². The van der Waals surface area contributed by atoms with Crippen molar-refractivity contribution in [2.75, 3.05) is 50.1 Å². The average molecular weight is 577 g/mol. The number of H-pyrrole nitrogens is 1. The summed E-state index contributed by atoms with van der Waals surface area (Å²) >= 11 is 6.90. The van der Waals surface area contributed by atoms with Gasteiger partial charge in [0, 0.05) is 66.2 Å². The topological polar surface area (TPSA) is 84.5 Å². The SMILES string of the molecule is C=CC(=O)N1[C@H](C)CN(c2nc(N3CC(N(C)C)C3)nc3c(F)c(-c4c(C)ccc5[nH]ncc45)c(Cl)cc23)C[C@@H]1C. The zero-order valence-electron chi connectivity index (χ0n) is 23.9. The molecule has 2 aliphatic heterocycles. The molecule has 41 heavy (non-hydrogen) atoms. The fourth-order valence-electron chi connectivity index (χ4n) is 6.22. The van der Waals surface area contributed by atoms with E-state index in [1.807, 2.05) is 51.9 Å². The monoisotopic (exact) mass is 576 g/mol. The smallest absolute Gasteiger partial charge is 0.246 e. The number of aromatic amines is 1. The first-order chi connectivity index (χ1) is 19.6. The highest BCUT2D eigenvalue weighted by Crippen LogP contribution is 2.43. The lowest BCUT2D eigenvalue weighted by Gasteiger charge is -2.45. The van der Waals surface area contributed by atoms with Gasteiger partial charge in [-0.3, -0.25) is 9.89 Å². The molecular formula is C30H34ClFN8O. The maximum Gasteiger partial charge on any atom is 0.246 e. The van der Waals surface area contributed by atoms with E-state index in [0.29, 0.717) is 47.4 Å². The summed E-state index contributed by atoms with van der Waals surface area (Å²) in [4.78, 5) is 30.6. The zero-order chi connectivity index (χ0) is 29.2. The van der Waals surface area contributed by atoms with E-state index >= 15 is 4.39 Å². The Hall–Kier alpha value is -3.76. The highest BCUT2D eigenvalue weighted by Gasteiger charge is 2.36. The Labute approximate surface area is 243 Å². The molecule has 2 fully saturated rings. The number of rotatable bonds is 5. The summed E-state index contributed by atoms with van der Waals surface area (Å²) in [5, 5.41) is 8.76. The van der Waals surface area contributed by atoms with Crippen molar-refractivity contribution in [1.29, 1.82) is 0 Å². The number of benzene rings is 2. The van der Waals surface area contributed by atoms with Crippen molar-refractivity contribution in [3.8, 4) is 11.1 Å². The quantitative estimate of drug-likeness (QED) is 0.347. The number of likely N-dealkylation sites (N-methyl/N-ethyl adjacent to an activating group) is 1. The van der Waals surface area contributed by atoms with Crippen molar-refractivity contribution in [2.45, 2.75) is 38.9 Å². The molecule has 0 spiro atoms. The Bertz CT molecular complexity index is 1670. The molecular weight excluding hydrogens is 543 g/mol. The van der Waals surface area contributed by atoms with Gasteiger partial charge >= 0.3 is 0 Å². The summed E-state index contributed by atoms with van der Waals surface area (Å²) in [6.45, 7) is 12.2. The van der Waals surface area contributed by atoms with Gasteiger partial charge in [0.25, 0.3) is 0 Å². The van der Waals surface area contributed by atoms with Crippen LogP contribution >= 0.6 is 11.6 Å². The van der Waals surface area contributed by atoms with Gasteiger partial charge in [-0.2, -0.15) is 10.1 Å². The van der Waals surface area contributed by atoms with Crippen LogP contribution < -0.4 is 9.80 Å². The second-order valence-corrected chi connectivity index (χ2v) is 11.9. The number of amides is 1. The van der Waals surface area contributed by atoms with Crippen LogP contribution in [0.25, 0.3) is 32.9 Å². The van der Waals surface area contributed by atoms with Gasteiger partial charge in [-0.25, -0.2) is 9.37 Å². The zero-order valence-corrected chi connectivity index (χ0v) is 24.7. The minimum Gasteiger partial charge on any atom is -0.352 e. The van der Waals surface area contributed by atoms with E-state index in [-0.39, 0.29) is 28.5 Å². The van der Waals surface area contributed by atoms with Crippen LogP contribution in [0.4, 0.5) is 16.2 Å². The van der Waals surface area contributed by atoms with Crippen LogP contribution in [0.2, 0.25) is 5.02 Å². The average Bonchev–Trinajstić information content (AvgIpc) is 3.37. The van der Waals surface area contributed by atoms with E-state index in [1.165, 1.54) is 6.08 Å². The molecule has 0 saturated carbocycles. The maximum atomic E-state index is 16.8. The molecule has 2 saturated heterocycles. The number of nitrogens with one attached hydrogen (secondary N) is 1. The van der Waals surface area contributed by atoms with E-state index in [0.717, 1.165) is 29.6 Å². The Morgan fingerprint density at radius 3 is 2.46 bits per heavy atom. The van der Waals surface area contributed by atoms with E-state index < -0.39 is 5.82 Å². The van der Waals surface area contributed by atoms with E-state index in [9.17, 15) is 4.79 Å². The predicted molar refractivity (Wildman–Crippen MR) is 162 cm³/mol. The molecule has 1 amide bonds. The summed E-state index contributed by atoms with van der Waals surface area (Å²) in [6, 6.07) is 5.82. The van der Waals surface area contributed by atoms with Gasteiger partial charge in [0.05, 0.1) is 16.7 Å². The van der Waals surface area contributed by atoms with Gasteiger partial charge in [-0.1, -0.05) is 24.2 Å². The number of nitrogens with zero attached hydrogens (tertiary/aromatic N) is 7. The molecule has 2 aromatic heterocycles. The fourth-order valence-corrected chi connectivity index (χ4v) is 6.51. The molecule has 214 valence electrons. The molecule has 2 aliphatic rings. The van der Waals surface area contributed by atoms with Crippen LogP contribution in [0, 0.1) is 12.7 Å². The van der Waals surface area contributed by atoms with Crippen LogP contribution in [0.15, 0.2) is 37.1 Å². The van der Waals surface area contributed by atoms with E-state index in [1.54, 1.807) is 12.3 Å². The van der Waals surface area contributed by atoms with Gasteiger partial charge < -0.3 is 19.6 Å². The first-order valence-corrected chi connectivity index (χ1v) is 14.2. The molecule has 0 aliphatic carbocycles. The van der Waals surface area contributed by atoms with Crippen molar-refractivity contribution in [2.24, 2.45) is 0 Å². The van der Waals surface area contributed by atoms with E-state index in [2.05, 4.69) is 31.5 Å². The number of hydrogen-bond acceptors (Lipinski definition) is 7. The number of anilines is 2. The Balaban J connectivity index is 1.53. The lowest BCUT2D eigenvalue weighted by atomic mass is 9.95. The maximum absolute atomic E-state index is 16.8. The molecule has 2 aromatic carbocycles. The molecule has 9 nitrogen and oxygen atoms in total. The standard InChI is InChI=1S/C30H34ClFN8O/c1-7-24(41)40-17(3)12-38(13-18(40)4)29-20-10-22(31)26(25-16(2)8-9-23-21(25)11-33-36-23)27(32)28(20)34-30(35-29)39-14-19(15-39)37(5)6/h7-11,17-19H,1,12-15H2,2-6H3,(H,33,36)/t17-,18+. The van der Waals surface area contributed by atoms with Crippen LogP contribution in [-0.4, -0.2) is 94.3 Å². The second-order valence-electron chi connectivity index (χ2n) is 11.5. The first-order valence-electron chi connectivity index (χ1n) is 13.8. The summed E-state index contributed by atoms with van der Waals surface area (Å²) < 4.78 is 16.8. The second kappa shape index (κ2) is 10.3.